The number of ether oxygens (including phenoxy) is 2. The van der Waals surface area contributed by atoms with E-state index >= 15 is 0 Å². The summed E-state index contributed by atoms with van der Waals surface area (Å²) in [5.74, 6) is 0.907. The van der Waals surface area contributed by atoms with Crippen molar-refractivity contribution < 1.29 is 9.47 Å². The number of hydrogen-bond donors (Lipinski definition) is 1. The van der Waals surface area contributed by atoms with Gasteiger partial charge in [-0.1, -0.05) is 24.3 Å². The Labute approximate surface area is 155 Å². The van der Waals surface area contributed by atoms with Crippen molar-refractivity contribution in [3.05, 3.63) is 65.2 Å². The highest BCUT2D eigenvalue weighted by atomic mass is 16.5. The van der Waals surface area contributed by atoms with Gasteiger partial charge in [0.25, 0.3) is 0 Å². The zero-order valence-electron chi connectivity index (χ0n) is 15.0. The Morgan fingerprint density at radius 1 is 1.04 bits per heavy atom. The van der Waals surface area contributed by atoms with E-state index in [1.54, 1.807) is 0 Å². The molecule has 3 rings (SSSR count). The minimum absolute atomic E-state index is 0.692. The zero-order valence-corrected chi connectivity index (χ0v) is 15.0. The van der Waals surface area contributed by atoms with Gasteiger partial charge in [0, 0.05) is 32.7 Å². The Morgan fingerprint density at radius 3 is 2.54 bits per heavy atom. The second-order valence-electron chi connectivity index (χ2n) is 6.37. The van der Waals surface area contributed by atoms with Gasteiger partial charge in [-0.3, -0.25) is 4.90 Å². The summed E-state index contributed by atoms with van der Waals surface area (Å²) in [6.07, 6.45) is 0. The molecule has 5 nitrogen and oxygen atoms in total. The van der Waals surface area contributed by atoms with Crippen LogP contribution in [0.4, 0.5) is 0 Å². The molecular formula is C21H25N3O2. The van der Waals surface area contributed by atoms with Gasteiger partial charge in [0.05, 0.1) is 24.8 Å². The number of nitriles is 1. The molecule has 0 aliphatic carbocycles. The van der Waals surface area contributed by atoms with Crippen LogP contribution in [0.15, 0.2) is 48.5 Å². The van der Waals surface area contributed by atoms with Gasteiger partial charge in [0.1, 0.15) is 12.4 Å². The molecule has 26 heavy (non-hydrogen) atoms. The third kappa shape index (κ3) is 5.85. The Morgan fingerprint density at radius 2 is 1.77 bits per heavy atom. The summed E-state index contributed by atoms with van der Waals surface area (Å²) in [6, 6.07) is 18.0. The summed E-state index contributed by atoms with van der Waals surface area (Å²) in [5.41, 5.74) is 2.99. The third-order valence-electron chi connectivity index (χ3n) is 4.39. The molecule has 0 bridgehead atoms. The lowest BCUT2D eigenvalue weighted by atomic mass is 10.1. The van der Waals surface area contributed by atoms with Crippen LogP contribution in [0, 0.1) is 11.3 Å². The van der Waals surface area contributed by atoms with Gasteiger partial charge in [-0.2, -0.15) is 5.26 Å². The van der Waals surface area contributed by atoms with E-state index in [9.17, 15) is 0 Å². The minimum Gasteiger partial charge on any atom is -0.492 e. The highest BCUT2D eigenvalue weighted by molar-refractivity contribution is 5.33. The molecule has 0 saturated carbocycles. The number of rotatable bonds is 8. The van der Waals surface area contributed by atoms with Crippen molar-refractivity contribution in [3.63, 3.8) is 0 Å². The second kappa shape index (κ2) is 9.93. The summed E-state index contributed by atoms with van der Waals surface area (Å²) in [7, 11) is 0. The molecule has 0 spiro atoms. The lowest BCUT2D eigenvalue weighted by molar-refractivity contribution is 0.0322. The SMILES string of the molecule is N#Cc1cccc(CNCc2cccc(OCCN3CCOCC3)c2)c1. The lowest BCUT2D eigenvalue weighted by Gasteiger charge is -2.26. The first-order valence-corrected chi connectivity index (χ1v) is 9.05. The Balaban J connectivity index is 1.42. The normalized spacial score (nSPS) is 14.7. The van der Waals surface area contributed by atoms with Gasteiger partial charge in [-0.05, 0) is 35.4 Å². The Bertz CT molecular complexity index is 736. The maximum Gasteiger partial charge on any atom is 0.119 e. The van der Waals surface area contributed by atoms with Crippen molar-refractivity contribution in [3.8, 4) is 11.8 Å². The molecular weight excluding hydrogens is 326 g/mol. The molecule has 2 aromatic carbocycles. The minimum atomic E-state index is 0.692. The first-order valence-electron chi connectivity index (χ1n) is 9.05. The average Bonchev–Trinajstić information content (AvgIpc) is 2.69. The molecule has 1 fully saturated rings. The number of nitrogens with zero attached hydrogens (tertiary/aromatic N) is 2. The van der Waals surface area contributed by atoms with Crippen molar-refractivity contribution in [1.82, 2.24) is 10.2 Å². The predicted molar refractivity (Wildman–Crippen MR) is 101 cm³/mol. The highest BCUT2D eigenvalue weighted by Gasteiger charge is 2.09. The topological polar surface area (TPSA) is 57.5 Å². The first kappa shape index (κ1) is 18.4. The van der Waals surface area contributed by atoms with Gasteiger partial charge >= 0.3 is 0 Å². The van der Waals surface area contributed by atoms with E-state index in [0.717, 1.165) is 57.3 Å². The zero-order chi connectivity index (χ0) is 18.0. The molecule has 1 aliphatic rings. The first-order chi connectivity index (χ1) is 12.8. The molecule has 1 heterocycles. The van der Waals surface area contributed by atoms with Crippen LogP contribution in [0.5, 0.6) is 5.75 Å². The van der Waals surface area contributed by atoms with Crippen LogP contribution in [0.1, 0.15) is 16.7 Å². The van der Waals surface area contributed by atoms with Crippen molar-refractivity contribution in [1.29, 1.82) is 5.26 Å². The highest BCUT2D eigenvalue weighted by Crippen LogP contribution is 2.14. The van der Waals surface area contributed by atoms with E-state index in [4.69, 9.17) is 14.7 Å². The molecule has 136 valence electrons. The molecule has 1 saturated heterocycles. The van der Waals surface area contributed by atoms with Crippen LogP contribution in [-0.4, -0.2) is 44.4 Å². The van der Waals surface area contributed by atoms with Gasteiger partial charge in [-0.15, -0.1) is 0 Å². The maximum atomic E-state index is 8.96. The molecule has 1 aliphatic heterocycles. The van der Waals surface area contributed by atoms with Gasteiger partial charge in [0.15, 0.2) is 0 Å². The predicted octanol–water partition coefficient (Wildman–Crippen LogP) is 2.56. The van der Waals surface area contributed by atoms with E-state index in [1.165, 1.54) is 5.56 Å². The van der Waals surface area contributed by atoms with Gasteiger partial charge in [0.2, 0.25) is 0 Å². The van der Waals surface area contributed by atoms with Crippen LogP contribution in [-0.2, 0) is 17.8 Å². The monoisotopic (exact) mass is 351 g/mol. The van der Waals surface area contributed by atoms with Crippen LogP contribution < -0.4 is 10.1 Å². The summed E-state index contributed by atoms with van der Waals surface area (Å²) in [5, 5.41) is 12.4. The molecule has 2 aromatic rings. The van der Waals surface area contributed by atoms with Crippen LogP contribution in [0.3, 0.4) is 0 Å². The van der Waals surface area contributed by atoms with Crippen LogP contribution in [0.2, 0.25) is 0 Å². The smallest absolute Gasteiger partial charge is 0.119 e. The molecule has 0 unspecified atom stereocenters. The number of morpholine rings is 1. The molecule has 0 aromatic heterocycles. The molecule has 0 atom stereocenters. The molecule has 0 amide bonds. The van der Waals surface area contributed by atoms with E-state index in [2.05, 4.69) is 28.4 Å². The summed E-state index contributed by atoms with van der Waals surface area (Å²) in [6.45, 7) is 6.73. The quantitative estimate of drug-likeness (QED) is 0.792. The number of benzene rings is 2. The molecule has 1 N–H and O–H groups in total. The van der Waals surface area contributed by atoms with E-state index < -0.39 is 0 Å². The fourth-order valence-electron chi connectivity index (χ4n) is 2.96. The van der Waals surface area contributed by atoms with E-state index in [1.807, 2.05) is 36.4 Å². The Hall–Kier alpha value is -2.39. The van der Waals surface area contributed by atoms with Crippen molar-refractivity contribution in [2.24, 2.45) is 0 Å². The van der Waals surface area contributed by atoms with Gasteiger partial charge < -0.3 is 14.8 Å². The Kier molecular flexibility index (Phi) is 7.03. The van der Waals surface area contributed by atoms with Crippen molar-refractivity contribution >= 4 is 0 Å². The second-order valence-corrected chi connectivity index (χ2v) is 6.37. The van der Waals surface area contributed by atoms with Crippen LogP contribution >= 0.6 is 0 Å². The largest absolute Gasteiger partial charge is 0.492 e. The summed E-state index contributed by atoms with van der Waals surface area (Å²) in [4.78, 5) is 2.37. The molecule has 0 radical (unpaired) electrons. The fraction of sp³-hybridized carbons (Fsp3) is 0.381. The summed E-state index contributed by atoms with van der Waals surface area (Å²) < 4.78 is 11.3. The summed E-state index contributed by atoms with van der Waals surface area (Å²) >= 11 is 0. The fourth-order valence-corrected chi connectivity index (χ4v) is 2.96. The third-order valence-corrected chi connectivity index (χ3v) is 4.39. The maximum absolute atomic E-state index is 8.96. The van der Waals surface area contributed by atoms with E-state index in [-0.39, 0.29) is 0 Å². The average molecular weight is 351 g/mol. The number of hydrogen-bond acceptors (Lipinski definition) is 5. The van der Waals surface area contributed by atoms with Crippen molar-refractivity contribution in [2.45, 2.75) is 13.1 Å². The lowest BCUT2D eigenvalue weighted by Crippen LogP contribution is -2.38. The molecule has 5 heteroatoms. The van der Waals surface area contributed by atoms with E-state index in [0.29, 0.717) is 12.2 Å². The number of nitrogens with one attached hydrogen (secondary N) is 1. The van der Waals surface area contributed by atoms with Crippen molar-refractivity contribution in [2.75, 3.05) is 39.5 Å². The van der Waals surface area contributed by atoms with Crippen LogP contribution in [0.25, 0.3) is 0 Å². The van der Waals surface area contributed by atoms with Gasteiger partial charge in [-0.25, -0.2) is 0 Å². The standard InChI is InChI=1S/C21H25N3O2/c22-15-18-3-1-4-19(13-18)16-23-17-20-5-2-6-21(14-20)26-12-9-24-7-10-25-11-8-24/h1-6,13-14,23H,7-12,16-17H2.